The van der Waals surface area contributed by atoms with E-state index in [4.69, 9.17) is 11.6 Å². The summed E-state index contributed by atoms with van der Waals surface area (Å²) in [7, 11) is 0. The number of hydrogen-bond donors (Lipinski definition) is 0. The third-order valence-corrected chi connectivity index (χ3v) is 2.53. The molecule has 2 rings (SSSR count). The molecule has 2 nitrogen and oxygen atoms in total. The van der Waals surface area contributed by atoms with Gasteiger partial charge in [-0.25, -0.2) is 4.98 Å². The van der Waals surface area contributed by atoms with Gasteiger partial charge in [0.25, 0.3) is 0 Å². The maximum atomic E-state index is 5.94. The zero-order chi connectivity index (χ0) is 9.97. The minimum atomic E-state index is 0.474. The maximum absolute atomic E-state index is 5.94. The molecule has 4 heteroatoms. The molecule has 0 radical (unpaired) electrons. The predicted molar refractivity (Wildman–Crippen MR) is 60.2 cm³/mol. The van der Waals surface area contributed by atoms with Gasteiger partial charge >= 0.3 is 0 Å². The Kier molecular flexibility index (Phi) is 2.79. The molecule has 0 spiro atoms. The van der Waals surface area contributed by atoms with E-state index in [-0.39, 0.29) is 0 Å². The molecule has 2 heterocycles. The summed E-state index contributed by atoms with van der Waals surface area (Å²) < 4.78 is 0.946. The maximum Gasteiger partial charge on any atom is 0.138 e. The van der Waals surface area contributed by atoms with Crippen molar-refractivity contribution in [3.05, 3.63) is 46.3 Å². The standard InChI is InChI=1S/C10H6BrClN2/c11-7-3-4-9(14-6-7)8-2-1-5-13-10(8)12/h1-6H. The Morgan fingerprint density at radius 3 is 2.64 bits per heavy atom. The lowest BCUT2D eigenvalue weighted by atomic mass is 10.2. The van der Waals surface area contributed by atoms with Crippen LogP contribution in [0.4, 0.5) is 0 Å². The first-order valence-electron chi connectivity index (χ1n) is 4.00. The van der Waals surface area contributed by atoms with Crippen LogP contribution in [0, 0.1) is 0 Å². The van der Waals surface area contributed by atoms with E-state index >= 15 is 0 Å². The van der Waals surface area contributed by atoms with Crippen LogP contribution in [0.3, 0.4) is 0 Å². The van der Waals surface area contributed by atoms with Crippen LogP contribution in [-0.4, -0.2) is 9.97 Å². The van der Waals surface area contributed by atoms with Crippen LogP contribution in [0.1, 0.15) is 0 Å². The van der Waals surface area contributed by atoms with Gasteiger partial charge in [0, 0.05) is 22.4 Å². The van der Waals surface area contributed by atoms with E-state index in [2.05, 4.69) is 25.9 Å². The van der Waals surface area contributed by atoms with E-state index in [1.165, 1.54) is 0 Å². The fourth-order valence-corrected chi connectivity index (χ4v) is 1.56. The lowest BCUT2D eigenvalue weighted by molar-refractivity contribution is 1.27. The molecular weight excluding hydrogens is 263 g/mol. The van der Waals surface area contributed by atoms with Crippen LogP contribution >= 0.6 is 27.5 Å². The fourth-order valence-electron chi connectivity index (χ4n) is 1.11. The van der Waals surface area contributed by atoms with Gasteiger partial charge in [0.15, 0.2) is 0 Å². The highest BCUT2D eigenvalue weighted by molar-refractivity contribution is 9.10. The van der Waals surface area contributed by atoms with E-state index in [9.17, 15) is 0 Å². The molecule has 2 aromatic heterocycles. The van der Waals surface area contributed by atoms with Crippen molar-refractivity contribution in [1.29, 1.82) is 0 Å². The fraction of sp³-hybridized carbons (Fsp3) is 0. The Hall–Kier alpha value is -0.930. The lowest BCUT2D eigenvalue weighted by Crippen LogP contribution is -1.85. The molecule has 2 aromatic rings. The van der Waals surface area contributed by atoms with Gasteiger partial charge in [0.1, 0.15) is 5.15 Å². The Morgan fingerprint density at radius 1 is 1.14 bits per heavy atom. The van der Waals surface area contributed by atoms with Crippen LogP contribution in [0.2, 0.25) is 5.15 Å². The molecule has 0 aliphatic carbocycles. The summed E-state index contributed by atoms with van der Waals surface area (Å²) in [5, 5.41) is 0.474. The van der Waals surface area contributed by atoms with Crippen LogP contribution in [0.25, 0.3) is 11.3 Å². The molecule has 0 saturated heterocycles. The van der Waals surface area contributed by atoms with Gasteiger partial charge in [0.2, 0.25) is 0 Å². The molecule has 0 N–H and O–H groups in total. The second-order valence-electron chi connectivity index (χ2n) is 2.70. The molecule has 0 saturated carbocycles. The molecule has 0 unspecified atom stereocenters. The summed E-state index contributed by atoms with van der Waals surface area (Å²) in [6.07, 6.45) is 3.39. The molecule has 70 valence electrons. The van der Waals surface area contributed by atoms with E-state index in [0.29, 0.717) is 5.15 Å². The summed E-state index contributed by atoms with van der Waals surface area (Å²) in [5.41, 5.74) is 1.67. The van der Waals surface area contributed by atoms with Crippen molar-refractivity contribution in [1.82, 2.24) is 9.97 Å². The molecule has 0 bridgehead atoms. The number of halogens is 2. The molecule has 0 fully saturated rings. The van der Waals surface area contributed by atoms with Gasteiger partial charge in [-0.2, -0.15) is 0 Å². The van der Waals surface area contributed by atoms with Crippen molar-refractivity contribution < 1.29 is 0 Å². The van der Waals surface area contributed by atoms with Gasteiger partial charge in [-0.1, -0.05) is 11.6 Å². The number of pyridine rings is 2. The average molecular weight is 270 g/mol. The number of aromatic nitrogens is 2. The first-order chi connectivity index (χ1) is 6.77. The van der Waals surface area contributed by atoms with Crippen LogP contribution < -0.4 is 0 Å². The zero-order valence-corrected chi connectivity index (χ0v) is 9.46. The monoisotopic (exact) mass is 268 g/mol. The minimum absolute atomic E-state index is 0.474. The van der Waals surface area contributed by atoms with Gasteiger partial charge in [0.05, 0.1) is 5.69 Å². The molecule has 0 aliphatic heterocycles. The van der Waals surface area contributed by atoms with E-state index in [0.717, 1.165) is 15.7 Å². The number of hydrogen-bond acceptors (Lipinski definition) is 2. The SMILES string of the molecule is Clc1ncccc1-c1ccc(Br)cn1. The van der Waals surface area contributed by atoms with Crippen LogP contribution in [0.5, 0.6) is 0 Å². The zero-order valence-electron chi connectivity index (χ0n) is 7.11. The third-order valence-electron chi connectivity index (χ3n) is 1.76. The van der Waals surface area contributed by atoms with Crippen molar-refractivity contribution in [2.24, 2.45) is 0 Å². The Balaban J connectivity index is 2.50. The lowest BCUT2D eigenvalue weighted by Gasteiger charge is -2.01. The van der Waals surface area contributed by atoms with E-state index in [1.54, 1.807) is 12.4 Å². The third kappa shape index (κ3) is 1.94. The molecule has 0 aliphatic rings. The van der Waals surface area contributed by atoms with Crippen molar-refractivity contribution in [3.8, 4) is 11.3 Å². The first kappa shape index (κ1) is 9.62. The average Bonchev–Trinajstić information content (AvgIpc) is 2.20. The molecule has 0 atom stereocenters. The highest BCUT2D eigenvalue weighted by atomic mass is 79.9. The second kappa shape index (κ2) is 4.07. The molecular formula is C10H6BrClN2. The summed E-state index contributed by atoms with van der Waals surface area (Å²) >= 11 is 9.26. The van der Waals surface area contributed by atoms with E-state index in [1.807, 2.05) is 24.3 Å². The minimum Gasteiger partial charge on any atom is -0.255 e. The van der Waals surface area contributed by atoms with Crippen molar-refractivity contribution in [2.75, 3.05) is 0 Å². The summed E-state index contributed by atoms with van der Waals surface area (Å²) in [6, 6.07) is 7.55. The highest BCUT2D eigenvalue weighted by Crippen LogP contribution is 2.24. The normalized spacial score (nSPS) is 10.1. The van der Waals surface area contributed by atoms with Gasteiger partial charge in [-0.05, 0) is 40.2 Å². The topological polar surface area (TPSA) is 25.8 Å². The van der Waals surface area contributed by atoms with Gasteiger partial charge in [-0.15, -0.1) is 0 Å². The van der Waals surface area contributed by atoms with Gasteiger partial charge in [-0.3, -0.25) is 4.98 Å². The smallest absolute Gasteiger partial charge is 0.138 e. The Bertz CT molecular complexity index is 442. The largest absolute Gasteiger partial charge is 0.255 e. The predicted octanol–water partition coefficient (Wildman–Crippen LogP) is 3.56. The van der Waals surface area contributed by atoms with Crippen molar-refractivity contribution in [2.45, 2.75) is 0 Å². The summed E-state index contributed by atoms with van der Waals surface area (Å²) in [5.74, 6) is 0. The Morgan fingerprint density at radius 2 is 2.00 bits per heavy atom. The van der Waals surface area contributed by atoms with Crippen molar-refractivity contribution in [3.63, 3.8) is 0 Å². The first-order valence-corrected chi connectivity index (χ1v) is 5.17. The Labute approximate surface area is 95.1 Å². The molecule has 0 aromatic carbocycles. The number of rotatable bonds is 1. The van der Waals surface area contributed by atoms with E-state index < -0.39 is 0 Å². The summed E-state index contributed by atoms with van der Waals surface area (Å²) in [4.78, 5) is 8.23. The van der Waals surface area contributed by atoms with Crippen molar-refractivity contribution >= 4 is 27.5 Å². The molecule has 0 amide bonds. The van der Waals surface area contributed by atoms with Gasteiger partial charge < -0.3 is 0 Å². The number of nitrogens with zero attached hydrogens (tertiary/aromatic N) is 2. The highest BCUT2D eigenvalue weighted by Gasteiger charge is 2.03. The quantitative estimate of drug-likeness (QED) is 0.740. The second-order valence-corrected chi connectivity index (χ2v) is 3.98. The van der Waals surface area contributed by atoms with Crippen LogP contribution in [-0.2, 0) is 0 Å². The summed E-state index contributed by atoms with van der Waals surface area (Å²) in [6.45, 7) is 0. The molecule has 14 heavy (non-hydrogen) atoms. The van der Waals surface area contributed by atoms with Crippen LogP contribution in [0.15, 0.2) is 41.1 Å².